The largest absolute Gasteiger partial charge is 0.374 e. The fraction of sp³-hybridized carbons (Fsp3) is 0.250. The van der Waals surface area contributed by atoms with Gasteiger partial charge < -0.3 is 16.8 Å². The summed E-state index contributed by atoms with van der Waals surface area (Å²) < 4.78 is 0. The Balaban J connectivity index is 3.02. The standard InChI is InChI=1S/C8H11N3O2/c1-8(7(10)13)4-5(6(9)12)2-3-11-8/h2-4,11H,1H3,(H2,9,12)(H2,10,13). The zero-order valence-corrected chi connectivity index (χ0v) is 7.20. The highest BCUT2D eigenvalue weighted by Crippen LogP contribution is 2.14. The number of dihydropyridines is 1. The summed E-state index contributed by atoms with van der Waals surface area (Å²) in [6, 6.07) is 0. The summed E-state index contributed by atoms with van der Waals surface area (Å²) in [5, 5.41) is 2.74. The molecule has 0 aromatic heterocycles. The van der Waals surface area contributed by atoms with Crippen molar-refractivity contribution in [2.24, 2.45) is 11.5 Å². The molecule has 0 fully saturated rings. The van der Waals surface area contributed by atoms with Crippen LogP contribution in [0.4, 0.5) is 0 Å². The topological polar surface area (TPSA) is 98.2 Å². The van der Waals surface area contributed by atoms with Crippen molar-refractivity contribution in [2.75, 3.05) is 0 Å². The van der Waals surface area contributed by atoms with Gasteiger partial charge in [0.1, 0.15) is 5.54 Å². The van der Waals surface area contributed by atoms with Crippen LogP contribution in [-0.2, 0) is 9.59 Å². The van der Waals surface area contributed by atoms with Crippen LogP contribution in [0.5, 0.6) is 0 Å². The first kappa shape index (κ1) is 9.31. The molecule has 0 aromatic carbocycles. The number of amides is 2. The van der Waals surface area contributed by atoms with E-state index in [0.29, 0.717) is 0 Å². The molecule has 5 nitrogen and oxygen atoms in total. The maximum Gasteiger partial charge on any atom is 0.248 e. The van der Waals surface area contributed by atoms with Gasteiger partial charge in [0, 0.05) is 5.57 Å². The van der Waals surface area contributed by atoms with Gasteiger partial charge in [0.15, 0.2) is 0 Å². The van der Waals surface area contributed by atoms with Crippen molar-refractivity contribution in [3.63, 3.8) is 0 Å². The zero-order valence-electron chi connectivity index (χ0n) is 7.20. The van der Waals surface area contributed by atoms with E-state index in [1.165, 1.54) is 18.4 Å². The van der Waals surface area contributed by atoms with Crippen molar-refractivity contribution >= 4 is 11.8 Å². The van der Waals surface area contributed by atoms with E-state index in [9.17, 15) is 9.59 Å². The van der Waals surface area contributed by atoms with Gasteiger partial charge in [-0.05, 0) is 25.3 Å². The predicted octanol–water partition coefficient (Wildman–Crippen LogP) is -1.24. The smallest absolute Gasteiger partial charge is 0.248 e. The number of carbonyl (C=O) groups is 2. The summed E-state index contributed by atoms with van der Waals surface area (Å²) in [5.41, 5.74) is 9.43. The molecule has 1 heterocycles. The van der Waals surface area contributed by atoms with E-state index >= 15 is 0 Å². The first-order chi connectivity index (χ1) is 5.96. The molecule has 0 bridgehead atoms. The Labute approximate surface area is 75.5 Å². The highest BCUT2D eigenvalue weighted by atomic mass is 16.2. The van der Waals surface area contributed by atoms with E-state index in [2.05, 4.69) is 5.32 Å². The zero-order chi connectivity index (χ0) is 10.1. The Morgan fingerprint density at radius 1 is 1.46 bits per heavy atom. The molecule has 0 saturated carbocycles. The van der Waals surface area contributed by atoms with Gasteiger partial charge in [-0.2, -0.15) is 0 Å². The summed E-state index contributed by atoms with van der Waals surface area (Å²) >= 11 is 0. The molecule has 5 heteroatoms. The Bertz CT molecular complexity index is 319. The normalized spacial score (nSPS) is 26.1. The van der Waals surface area contributed by atoms with Crippen LogP contribution in [-0.4, -0.2) is 17.4 Å². The lowest BCUT2D eigenvalue weighted by Gasteiger charge is -2.26. The molecule has 0 saturated heterocycles. The molecule has 0 aliphatic carbocycles. The number of carbonyl (C=O) groups excluding carboxylic acids is 2. The van der Waals surface area contributed by atoms with Crippen molar-refractivity contribution in [3.05, 3.63) is 23.9 Å². The second-order valence-corrected chi connectivity index (χ2v) is 3.01. The lowest BCUT2D eigenvalue weighted by molar-refractivity contribution is -0.121. The van der Waals surface area contributed by atoms with Crippen LogP contribution < -0.4 is 16.8 Å². The molecule has 0 aromatic rings. The second kappa shape index (κ2) is 2.93. The van der Waals surface area contributed by atoms with E-state index in [1.807, 2.05) is 0 Å². The molecular weight excluding hydrogens is 170 g/mol. The van der Waals surface area contributed by atoms with Gasteiger partial charge in [-0.25, -0.2) is 0 Å². The molecule has 1 rings (SSSR count). The maximum absolute atomic E-state index is 11.0. The molecule has 1 unspecified atom stereocenters. The van der Waals surface area contributed by atoms with Crippen molar-refractivity contribution < 1.29 is 9.59 Å². The minimum Gasteiger partial charge on any atom is -0.374 e. The van der Waals surface area contributed by atoms with Crippen LogP contribution in [0.15, 0.2) is 23.9 Å². The van der Waals surface area contributed by atoms with E-state index < -0.39 is 17.4 Å². The van der Waals surface area contributed by atoms with Crippen molar-refractivity contribution in [3.8, 4) is 0 Å². The molecule has 13 heavy (non-hydrogen) atoms. The Kier molecular flexibility index (Phi) is 2.10. The third kappa shape index (κ3) is 1.69. The molecule has 1 aliphatic heterocycles. The van der Waals surface area contributed by atoms with Gasteiger partial charge in [0.05, 0.1) is 0 Å². The molecule has 0 spiro atoms. The number of hydrogen-bond donors (Lipinski definition) is 3. The number of nitrogens with two attached hydrogens (primary N) is 2. The van der Waals surface area contributed by atoms with Gasteiger partial charge in [-0.15, -0.1) is 0 Å². The summed E-state index contributed by atoms with van der Waals surface area (Å²) in [6.07, 6.45) is 4.38. The lowest BCUT2D eigenvalue weighted by Crippen LogP contribution is -2.51. The van der Waals surface area contributed by atoms with Crippen LogP contribution in [0, 0.1) is 0 Å². The van der Waals surface area contributed by atoms with Crippen molar-refractivity contribution in [1.82, 2.24) is 5.32 Å². The number of hydrogen-bond acceptors (Lipinski definition) is 3. The lowest BCUT2D eigenvalue weighted by atomic mass is 9.95. The van der Waals surface area contributed by atoms with Crippen LogP contribution >= 0.6 is 0 Å². The molecule has 1 aliphatic rings. The third-order valence-electron chi connectivity index (χ3n) is 1.89. The van der Waals surface area contributed by atoms with Gasteiger partial charge in [0.2, 0.25) is 11.8 Å². The van der Waals surface area contributed by atoms with E-state index in [0.717, 1.165) is 0 Å². The number of primary amides is 2. The predicted molar refractivity (Wildman–Crippen MR) is 47.2 cm³/mol. The summed E-state index contributed by atoms with van der Waals surface area (Å²) in [4.78, 5) is 21.8. The maximum atomic E-state index is 11.0. The SMILES string of the molecule is CC1(C(N)=O)C=C(C(N)=O)C=CN1. The quantitative estimate of drug-likeness (QED) is 0.497. The Morgan fingerprint density at radius 2 is 2.08 bits per heavy atom. The van der Waals surface area contributed by atoms with E-state index in [4.69, 9.17) is 11.5 Å². The van der Waals surface area contributed by atoms with Crippen molar-refractivity contribution in [2.45, 2.75) is 12.5 Å². The summed E-state index contributed by atoms with van der Waals surface area (Å²) in [7, 11) is 0. The van der Waals surface area contributed by atoms with Crippen LogP contribution in [0.25, 0.3) is 0 Å². The first-order valence-electron chi connectivity index (χ1n) is 3.72. The van der Waals surface area contributed by atoms with Gasteiger partial charge in [0.25, 0.3) is 0 Å². The highest BCUT2D eigenvalue weighted by Gasteiger charge is 2.30. The molecule has 5 N–H and O–H groups in total. The Morgan fingerprint density at radius 3 is 2.54 bits per heavy atom. The van der Waals surface area contributed by atoms with Crippen LogP contribution in [0.3, 0.4) is 0 Å². The summed E-state index contributed by atoms with van der Waals surface area (Å²) in [6.45, 7) is 1.57. The molecule has 0 radical (unpaired) electrons. The van der Waals surface area contributed by atoms with Crippen LogP contribution in [0.1, 0.15) is 6.92 Å². The second-order valence-electron chi connectivity index (χ2n) is 3.01. The highest BCUT2D eigenvalue weighted by molar-refractivity contribution is 5.98. The first-order valence-corrected chi connectivity index (χ1v) is 3.72. The summed E-state index contributed by atoms with van der Waals surface area (Å²) in [5.74, 6) is -1.14. The number of rotatable bonds is 2. The Hall–Kier alpha value is -1.78. The molecule has 2 amide bonds. The molecule has 1 atom stereocenters. The number of nitrogens with one attached hydrogen (secondary N) is 1. The van der Waals surface area contributed by atoms with Gasteiger partial charge in [-0.3, -0.25) is 9.59 Å². The van der Waals surface area contributed by atoms with Crippen molar-refractivity contribution in [1.29, 1.82) is 0 Å². The molecular formula is C8H11N3O2. The molecule has 70 valence electrons. The van der Waals surface area contributed by atoms with E-state index in [-0.39, 0.29) is 5.57 Å². The average Bonchev–Trinajstić information content (AvgIpc) is 2.04. The monoisotopic (exact) mass is 181 g/mol. The fourth-order valence-corrected chi connectivity index (χ4v) is 1.00. The average molecular weight is 181 g/mol. The third-order valence-corrected chi connectivity index (χ3v) is 1.89. The minimum atomic E-state index is -1.03. The van der Waals surface area contributed by atoms with Crippen LogP contribution in [0.2, 0.25) is 0 Å². The van der Waals surface area contributed by atoms with Gasteiger partial charge >= 0.3 is 0 Å². The van der Waals surface area contributed by atoms with Gasteiger partial charge in [-0.1, -0.05) is 0 Å². The minimum absolute atomic E-state index is 0.278. The van der Waals surface area contributed by atoms with E-state index in [1.54, 1.807) is 6.92 Å². The fourth-order valence-electron chi connectivity index (χ4n) is 1.00.